The highest BCUT2D eigenvalue weighted by Gasteiger charge is 2.45. The largest absolute Gasteiger partial charge is 0.474 e. The van der Waals surface area contributed by atoms with E-state index in [1.807, 2.05) is 0 Å². The van der Waals surface area contributed by atoms with Gasteiger partial charge in [0.1, 0.15) is 24.1 Å². The average Bonchev–Trinajstić information content (AvgIpc) is 2.66. The molecule has 0 spiro atoms. The van der Waals surface area contributed by atoms with Crippen LogP contribution in [0.1, 0.15) is 24.0 Å². The molecule has 1 aromatic carbocycles. The van der Waals surface area contributed by atoms with E-state index in [1.165, 1.54) is 17.3 Å². The summed E-state index contributed by atoms with van der Waals surface area (Å²) in [5, 5.41) is 2.96. The number of nitrogens with one attached hydrogen (secondary N) is 1. The molecule has 2 bridgehead atoms. The standard InChI is InChI=1S/C21H24F4N4O2/c1-12-3-4-18(17(22)5-12)28-19-13(2)20(27-11-26-19)31-16-6-14-8-30-9-15(7-16)29(14)10-21(23,24)25/h3-5,11,14-16H,6-10H2,1-2H3,(H,26,27,28)/t14-,15?,16+/m1/s1. The first kappa shape index (κ1) is 21.8. The molecule has 6 nitrogen and oxygen atoms in total. The summed E-state index contributed by atoms with van der Waals surface area (Å²) in [5.41, 5.74) is 1.69. The van der Waals surface area contributed by atoms with Crippen LogP contribution in [0.3, 0.4) is 0 Å². The Kier molecular flexibility index (Phi) is 6.02. The highest BCUT2D eigenvalue weighted by molar-refractivity contribution is 5.61. The zero-order chi connectivity index (χ0) is 22.2. The SMILES string of the molecule is Cc1ccc(Nc2ncnc(O[C@@H]3CC4COC[C@@H](C3)N4CC(F)(F)F)c2C)c(F)c1. The first-order chi connectivity index (χ1) is 14.7. The Morgan fingerprint density at radius 3 is 2.52 bits per heavy atom. The number of aryl methyl sites for hydroxylation is 1. The normalized spacial score (nSPS) is 24.1. The lowest BCUT2D eigenvalue weighted by Crippen LogP contribution is -2.60. The topological polar surface area (TPSA) is 59.5 Å². The summed E-state index contributed by atoms with van der Waals surface area (Å²) in [6, 6.07) is 4.12. The van der Waals surface area contributed by atoms with Crippen LogP contribution in [0.4, 0.5) is 29.1 Å². The van der Waals surface area contributed by atoms with Crippen LogP contribution >= 0.6 is 0 Å². The molecule has 2 aliphatic heterocycles. The van der Waals surface area contributed by atoms with Crippen molar-refractivity contribution in [2.24, 2.45) is 0 Å². The first-order valence-corrected chi connectivity index (χ1v) is 10.1. The Morgan fingerprint density at radius 2 is 1.87 bits per heavy atom. The number of aromatic nitrogens is 2. The van der Waals surface area contributed by atoms with E-state index in [-0.39, 0.29) is 37.1 Å². The molecule has 31 heavy (non-hydrogen) atoms. The molecule has 2 fully saturated rings. The number of fused-ring (bicyclic) bond motifs is 2. The van der Waals surface area contributed by atoms with Crippen LogP contribution in [-0.4, -0.2) is 59.0 Å². The molecule has 4 rings (SSSR count). The van der Waals surface area contributed by atoms with Gasteiger partial charge in [-0.1, -0.05) is 6.07 Å². The van der Waals surface area contributed by atoms with Crippen molar-refractivity contribution in [2.75, 3.05) is 25.1 Å². The molecule has 168 valence electrons. The highest BCUT2D eigenvalue weighted by Crippen LogP contribution is 2.34. The van der Waals surface area contributed by atoms with E-state index in [4.69, 9.17) is 9.47 Å². The lowest BCUT2D eigenvalue weighted by molar-refractivity contribution is -0.187. The van der Waals surface area contributed by atoms with Crippen molar-refractivity contribution in [1.29, 1.82) is 0 Å². The molecule has 3 atom stereocenters. The summed E-state index contributed by atoms with van der Waals surface area (Å²) in [7, 11) is 0. The van der Waals surface area contributed by atoms with Gasteiger partial charge in [0.2, 0.25) is 5.88 Å². The van der Waals surface area contributed by atoms with Gasteiger partial charge >= 0.3 is 6.18 Å². The van der Waals surface area contributed by atoms with Crippen molar-refractivity contribution in [2.45, 2.75) is 51.1 Å². The zero-order valence-corrected chi connectivity index (χ0v) is 17.2. The molecule has 0 amide bonds. The molecule has 2 aromatic rings. The number of nitrogens with zero attached hydrogens (tertiary/aromatic N) is 3. The maximum absolute atomic E-state index is 14.2. The van der Waals surface area contributed by atoms with Crippen LogP contribution in [0.15, 0.2) is 24.5 Å². The summed E-state index contributed by atoms with van der Waals surface area (Å²) in [5.74, 6) is 0.342. The number of hydrogen-bond acceptors (Lipinski definition) is 6. The molecular weight excluding hydrogens is 416 g/mol. The van der Waals surface area contributed by atoms with E-state index in [0.717, 1.165) is 5.56 Å². The number of anilines is 2. The van der Waals surface area contributed by atoms with Gasteiger partial charge in [0, 0.05) is 24.9 Å². The van der Waals surface area contributed by atoms with Gasteiger partial charge in [-0.15, -0.1) is 0 Å². The lowest BCUT2D eigenvalue weighted by Gasteiger charge is -2.48. The molecule has 0 saturated carbocycles. The van der Waals surface area contributed by atoms with E-state index in [0.29, 0.717) is 30.1 Å². The second kappa shape index (κ2) is 8.58. The number of morpholine rings is 1. The quantitative estimate of drug-likeness (QED) is 0.705. The summed E-state index contributed by atoms with van der Waals surface area (Å²) < 4.78 is 64.6. The predicted molar refractivity (Wildman–Crippen MR) is 106 cm³/mol. The molecule has 3 heterocycles. The van der Waals surface area contributed by atoms with Crippen LogP contribution in [-0.2, 0) is 4.74 Å². The van der Waals surface area contributed by atoms with Crippen LogP contribution < -0.4 is 10.1 Å². The van der Waals surface area contributed by atoms with Gasteiger partial charge in [0.15, 0.2) is 0 Å². The maximum atomic E-state index is 14.2. The average molecular weight is 440 g/mol. The van der Waals surface area contributed by atoms with Crippen molar-refractivity contribution in [3.63, 3.8) is 0 Å². The predicted octanol–water partition coefficient (Wildman–Crippen LogP) is 4.15. The molecule has 0 radical (unpaired) electrons. The van der Waals surface area contributed by atoms with Crippen molar-refractivity contribution >= 4 is 11.5 Å². The van der Waals surface area contributed by atoms with Gasteiger partial charge in [0.05, 0.1) is 31.0 Å². The van der Waals surface area contributed by atoms with Crippen LogP contribution in [0.25, 0.3) is 0 Å². The van der Waals surface area contributed by atoms with Crippen molar-refractivity contribution in [3.05, 3.63) is 41.5 Å². The zero-order valence-electron chi connectivity index (χ0n) is 17.2. The summed E-state index contributed by atoms with van der Waals surface area (Å²) >= 11 is 0. The lowest BCUT2D eigenvalue weighted by atomic mass is 9.91. The molecule has 1 N–H and O–H groups in total. The van der Waals surface area contributed by atoms with E-state index in [2.05, 4.69) is 15.3 Å². The molecule has 1 aromatic heterocycles. The van der Waals surface area contributed by atoms with E-state index < -0.39 is 18.5 Å². The van der Waals surface area contributed by atoms with E-state index >= 15 is 0 Å². The summed E-state index contributed by atoms with van der Waals surface area (Å²) in [6.07, 6.45) is -2.41. The number of alkyl halides is 3. The minimum Gasteiger partial charge on any atom is -0.474 e. The third kappa shape index (κ3) is 5.07. The Balaban J connectivity index is 1.47. The van der Waals surface area contributed by atoms with Gasteiger partial charge in [-0.2, -0.15) is 13.2 Å². The summed E-state index contributed by atoms with van der Waals surface area (Å²) in [6.45, 7) is 3.10. The minimum absolute atomic E-state index is 0.245. The number of benzene rings is 1. The van der Waals surface area contributed by atoms with E-state index in [9.17, 15) is 17.6 Å². The molecule has 2 saturated heterocycles. The smallest absolute Gasteiger partial charge is 0.401 e. The highest BCUT2D eigenvalue weighted by atomic mass is 19.4. The first-order valence-electron chi connectivity index (χ1n) is 10.1. The van der Waals surface area contributed by atoms with Crippen molar-refractivity contribution in [1.82, 2.24) is 14.9 Å². The molecule has 2 aliphatic rings. The van der Waals surface area contributed by atoms with Gasteiger partial charge in [-0.25, -0.2) is 14.4 Å². The van der Waals surface area contributed by atoms with Crippen LogP contribution in [0.5, 0.6) is 5.88 Å². The summed E-state index contributed by atoms with van der Waals surface area (Å²) in [4.78, 5) is 9.85. The fourth-order valence-corrected chi connectivity index (χ4v) is 4.19. The van der Waals surface area contributed by atoms with Gasteiger partial charge in [-0.3, -0.25) is 4.90 Å². The Labute approximate surface area is 177 Å². The van der Waals surface area contributed by atoms with Gasteiger partial charge in [-0.05, 0) is 31.5 Å². The number of hydrogen-bond donors (Lipinski definition) is 1. The van der Waals surface area contributed by atoms with Crippen LogP contribution in [0.2, 0.25) is 0 Å². The molecule has 10 heteroatoms. The minimum atomic E-state index is -4.25. The third-order valence-corrected chi connectivity index (χ3v) is 5.68. The van der Waals surface area contributed by atoms with Crippen molar-refractivity contribution in [3.8, 4) is 5.88 Å². The molecule has 0 aliphatic carbocycles. The second-order valence-corrected chi connectivity index (χ2v) is 8.10. The maximum Gasteiger partial charge on any atom is 0.401 e. The number of piperidine rings is 1. The Bertz CT molecular complexity index is 926. The van der Waals surface area contributed by atoms with Crippen LogP contribution in [0, 0.1) is 19.7 Å². The number of ether oxygens (including phenoxy) is 2. The Morgan fingerprint density at radius 1 is 1.16 bits per heavy atom. The second-order valence-electron chi connectivity index (χ2n) is 8.10. The van der Waals surface area contributed by atoms with Gasteiger partial charge < -0.3 is 14.8 Å². The van der Waals surface area contributed by atoms with E-state index in [1.54, 1.807) is 26.0 Å². The molecule has 1 unspecified atom stereocenters. The third-order valence-electron chi connectivity index (χ3n) is 5.68. The van der Waals surface area contributed by atoms with Gasteiger partial charge in [0.25, 0.3) is 0 Å². The fraction of sp³-hybridized carbons (Fsp3) is 0.524. The molecular formula is C21H24F4N4O2. The fourth-order valence-electron chi connectivity index (χ4n) is 4.19. The monoisotopic (exact) mass is 440 g/mol. The number of halogens is 4. The Hall–Kier alpha value is -2.46. The van der Waals surface area contributed by atoms with Crippen molar-refractivity contribution < 1.29 is 27.0 Å². The number of rotatable bonds is 5.